The van der Waals surface area contributed by atoms with Crippen molar-refractivity contribution in [2.75, 3.05) is 25.0 Å². The van der Waals surface area contributed by atoms with Gasteiger partial charge in [0.05, 0.1) is 17.2 Å². The maximum Gasteiger partial charge on any atom is 0.243 e. The second-order valence-electron chi connectivity index (χ2n) is 8.02. The van der Waals surface area contributed by atoms with Crippen LogP contribution < -0.4 is 10.1 Å². The van der Waals surface area contributed by atoms with Gasteiger partial charge in [0, 0.05) is 24.0 Å². The Balaban J connectivity index is 1.55. The number of hydrogen-bond acceptors (Lipinski definition) is 4. The van der Waals surface area contributed by atoms with E-state index in [1.165, 1.54) is 10.4 Å². The second kappa shape index (κ2) is 9.18. The van der Waals surface area contributed by atoms with Gasteiger partial charge in [-0.25, -0.2) is 8.42 Å². The molecule has 2 aromatic rings. The molecule has 0 aromatic heterocycles. The molecule has 6 nitrogen and oxygen atoms in total. The molecular formula is C23H27ClN2O4S. The monoisotopic (exact) mass is 462 g/mol. The first-order chi connectivity index (χ1) is 14.9. The average Bonchev–Trinajstić information content (AvgIpc) is 3.57. The number of amides is 1. The van der Waals surface area contributed by atoms with Gasteiger partial charge in [0.1, 0.15) is 5.75 Å². The van der Waals surface area contributed by atoms with Crippen LogP contribution in [0.15, 0.2) is 47.4 Å². The highest BCUT2D eigenvalue weighted by atomic mass is 35.5. The number of carbonyl (C=O) groups excluding carboxylic acids is 1. The molecule has 0 radical (unpaired) electrons. The molecule has 2 aromatic carbocycles. The summed E-state index contributed by atoms with van der Waals surface area (Å²) in [5.41, 5.74) is 1.35. The molecule has 4 rings (SSSR count). The smallest absolute Gasteiger partial charge is 0.243 e. The topological polar surface area (TPSA) is 75.7 Å². The number of carbonyl (C=O) groups is 1. The Morgan fingerprint density at radius 1 is 1.16 bits per heavy atom. The average molecular weight is 463 g/mol. The fourth-order valence-corrected chi connectivity index (χ4v) is 5.95. The van der Waals surface area contributed by atoms with Crippen LogP contribution in [0.25, 0.3) is 0 Å². The minimum absolute atomic E-state index is 0.0736. The molecule has 2 aliphatic rings. The van der Waals surface area contributed by atoms with Crippen LogP contribution in [0, 0.1) is 5.92 Å². The molecule has 1 amide bonds. The number of ether oxygens (including phenoxy) is 1. The van der Waals surface area contributed by atoms with E-state index in [-0.39, 0.29) is 22.6 Å². The van der Waals surface area contributed by atoms with Crippen molar-refractivity contribution in [3.8, 4) is 5.75 Å². The molecule has 2 atom stereocenters. The van der Waals surface area contributed by atoms with E-state index < -0.39 is 10.0 Å². The van der Waals surface area contributed by atoms with Crippen molar-refractivity contribution >= 4 is 33.2 Å². The zero-order valence-electron chi connectivity index (χ0n) is 17.5. The molecule has 31 heavy (non-hydrogen) atoms. The van der Waals surface area contributed by atoms with Crippen LogP contribution in [0.2, 0.25) is 5.02 Å². The fraction of sp³-hybridized carbons (Fsp3) is 0.435. The third-order valence-electron chi connectivity index (χ3n) is 5.89. The molecule has 1 saturated carbocycles. The highest BCUT2D eigenvalue weighted by Gasteiger charge is 2.45. The van der Waals surface area contributed by atoms with Gasteiger partial charge in [0.25, 0.3) is 0 Å². The van der Waals surface area contributed by atoms with Gasteiger partial charge in [0.2, 0.25) is 15.9 Å². The Hall–Kier alpha value is -2.09. The summed E-state index contributed by atoms with van der Waals surface area (Å²) in [5, 5.41) is 3.56. The van der Waals surface area contributed by atoms with Crippen LogP contribution in [0.5, 0.6) is 5.75 Å². The molecule has 2 fully saturated rings. The Morgan fingerprint density at radius 3 is 2.61 bits per heavy atom. The number of hydrogen-bond donors (Lipinski definition) is 1. The summed E-state index contributed by atoms with van der Waals surface area (Å²) in [6.45, 7) is 3.31. The third-order valence-corrected chi connectivity index (χ3v) is 8.13. The minimum Gasteiger partial charge on any atom is -0.492 e. The lowest BCUT2D eigenvalue weighted by atomic mass is 10.1. The molecule has 2 unspecified atom stereocenters. The summed E-state index contributed by atoms with van der Waals surface area (Å²) in [6, 6.07) is 12.2. The van der Waals surface area contributed by atoms with Crippen LogP contribution in [0.3, 0.4) is 0 Å². The van der Waals surface area contributed by atoms with Gasteiger partial charge >= 0.3 is 0 Å². The lowest BCUT2D eigenvalue weighted by Crippen LogP contribution is -2.35. The molecule has 0 spiro atoms. The molecule has 166 valence electrons. The highest BCUT2D eigenvalue weighted by molar-refractivity contribution is 7.89. The summed E-state index contributed by atoms with van der Waals surface area (Å²) < 4.78 is 33.3. The van der Waals surface area contributed by atoms with Gasteiger partial charge in [-0.15, -0.1) is 0 Å². The first-order valence-electron chi connectivity index (χ1n) is 10.7. The van der Waals surface area contributed by atoms with E-state index in [0.717, 1.165) is 24.8 Å². The molecule has 8 heteroatoms. The molecule has 1 N–H and O–H groups in total. The summed E-state index contributed by atoms with van der Waals surface area (Å²) in [6.07, 6.45) is 3.49. The Labute approximate surface area is 188 Å². The van der Waals surface area contributed by atoms with Crippen molar-refractivity contribution < 1.29 is 17.9 Å². The van der Waals surface area contributed by atoms with E-state index in [4.69, 9.17) is 16.3 Å². The zero-order chi connectivity index (χ0) is 22.0. The van der Waals surface area contributed by atoms with E-state index in [9.17, 15) is 13.2 Å². The quantitative estimate of drug-likeness (QED) is 0.649. The highest BCUT2D eigenvalue weighted by Crippen LogP contribution is 2.50. The summed E-state index contributed by atoms with van der Waals surface area (Å²) in [7, 11) is -3.61. The van der Waals surface area contributed by atoms with Gasteiger partial charge in [-0.05, 0) is 61.9 Å². The number of sulfonamides is 1. The number of rotatable bonds is 7. The zero-order valence-corrected chi connectivity index (χ0v) is 19.1. The first-order valence-corrected chi connectivity index (χ1v) is 12.6. The summed E-state index contributed by atoms with van der Waals surface area (Å²) >= 11 is 6.28. The van der Waals surface area contributed by atoms with Crippen LogP contribution >= 0.6 is 11.6 Å². The number of piperidine rings is 1. The summed E-state index contributed by atoms with van der Waals surface area (Å²) in [4.78, 5) is 13.1. The molecule has 1 heterocycles. The van der Waals surface area contributed by atoms with Crippen molar-refractivity contribution in [3.05, 3.63) is 53.1 Å². The number of halogens is 1. The van der Waals surface area contributed by atoms with Gasteiger partial charge in [-0.1, -0.05) is 36.2 Å². The standard InChI is InChI=1S/C23H27ClN2O4S/c1-2-30-22-11-10-16(31(28,29)26-12-6-3-7-13-26)14-21(22)25-23(27)19-15-18(19)17-8-4-5-9-20(17)24/h4-5,8-11,14,18-19H,2-3,6-7,12-13,15H2,1H3,(H,25,27). The molecule has 1 saturated heterocycles. The Bertz CT molecular complexity index is 1070. The Kier molecular flexibility index (Phi) is 6.55. The van der Waals surface area contributed by atoms with Crippen LogP contribution in [-0.2, 0) is 14.8 Å². The third kappa shape index (κ3) is 4.73. The molecular weight excluding hydrogens is 436 g/mol. The van der Waals surface area contributed by atoms with E-state index in [2.05, 4.69) is 5.32 Å². The fourth-order valence-electron chi connectivity index (χ4n) is 4.13. The van der Waals surface area contributed by atoms with Gasteiger partial charge in [-0.2, -0.15) is 4.31 Å². The maximum atomic E-state index is 13.1. The summed E-state index contributed by atoms with van der Waals surface area (Å²) in [5.74, 6) is 0.183. The first kappa shape index (κ1) is 22.1. The predicted octanol–water partition coefficient (Wildman–Crippen LogP) is 4.66. The number of nitrogens with zero attached hydrogens (tertiary/aromatic N) is 1. The van der Waals surface area contributed by atoms with Crippen LogP contribution in [-0.4, -0.2) is 38.3 Å². The molecule has 1 aliphatic carbocycles. The van der Waals surface area contributed by atoms with Crippen molar-refractivity contribution in [1.82, 2.24) is 4.31 Å². The predicted molar refractivity (Wildman–Crippen MR) is 121 cm³/mol. The lowest BCUT2D eigenvalue weighted by molar-refractivity contribution is -0.117. The van der Waals surface area contributed by atoms with Crippen molar-refractivity contribution in [2.24, 2.45) is 5.92 Å². The SMILES string of the molecule is CCOc1ccc(S(=O)(=O)N2CCCCC2)cc1NC(=O)C1CC1c1ccccc1Cl. The second-order valence-corrected chi connectivity index (χ2v) is 10.4. The lowest BCUT2D eigenvalue weighted by Gasteiger charge is -2.26. The van der Waals surface area contributed by atoms with Gasteiger partial charge in [-0.3, -0.25) is 4.79 Å². The van der Waals surface area contributed by atoms with Crippen molar-refractivity contribution in [2.45, 2.75) is 43.4 Å². The Morgan fingerprint density at radius 2 is 1.90 bits per heavy atom. The maximum absolute atomic E-state index is 13.1. The van der Waals surface area contributed by atoms with Crippen molar-refractivity contribution in [3.63, 3.8) is 0 Å². The van der Waals surface area contributed by atoms with Crippen LogP contribution in [0.4, 0.5) is 5.69 Å². The molecule has 0 bridgehead atoms. The van der Waals surface area contributed by atoms with Gasteiger partial charge in [0.15, 0.2) is 0 Å². The van der Waals surface area contributed by atoms with Gasteiger partial charge < -0.3 is 10.1 Å². The van der Waals surface area contributed by atoms with E-state index >= 15 is 0 Å². The van der Waals surface area contributed by atoms with Crippen LogP contribution in [0.1, 0.15) is 44.1 Å². The normalized spacial score (nSPS) is 21.5. The number of anilines is 1. The van der Waals surface area contributed by atoms with E-state index in [1.54, 1.807) is 12.1 Å². The number of nitrogens with one attached hydrogen (secondary N) is 1. The minimum atomic E-state index is -3.61. The molecule has 1 aliphatic heterocycles. The number of benzene rings is 2. The van der Waals surface area contributed by atoms with Crippen molar-refractivity contribution in [1.29, 1.82) is 0 Å². The van der Waals surface area contributed by atoms with E-state index in [1.807, 2.05) is 31.2 Å². The van der Waals surface area contributed by atoms with E-state index in [0.29, 0.717) is 42.6 Å². The largest absolute Gasteiger partial charge is 0.492 e.